The Hall–Kier alpha value is -2.08. The van der Waals surface area contributed by atoms with E-state index in [1.54, 1.807) is 12.1 Å². The van der Waals surface area contributed by atoms with Crippen LogP contribution in [-0.4, -0.2) is 41.5 Å². The molecule has 1 fully saturated rings. The van der Waals surface area contributed by atoms with Crippen LogP contribution in [-0.2, 0) is 11.8 Å². The van der Waals surface area contributed by atoms with Crippen molar-refractivity contribution in [3.05, 3.63) is 24.3 Å². The lowest BCUT2D eigenvalue weighted by Crippen LogP contribution is -2.45. The molecular weight excluding hydrogens is 244 g/mol. The van der Waals surface area contributed by atoms with Gasteiger partial charge in [0.05, 0.1) is 33.4 Å². The highest BCUT2D eigenvalue weighted by Gasteiger charge is 2.26. The van der Waals surface area contributed by atoms with Gasteiger partial charge >= 0.3 is 5.95 Å². The molecule has 6 heteroatoms. The number of nitrogens with one attached hydrogen (secondary N) is 1. The Morgan fingerprint density at radius 2 is 1.95 bits per heavy atom. The molecule has 0 amide bonds. The molecule has 1 aliphatic rings. The second-order valence-corrected chi connectivity index (χ2v) is 4.58. The summed E-state index contributed by atoms with van der Waals surface area (Å²) >= 11 is 0. The van der Waals surface area contributed by atoms with Crippen LogP contribution in [0, 0.1) is 0 Å². The number of H-pyrrole nitrogens is 1. The maximum absolute atomic E-state index is 9.31. The number of morpholine rings is 1. The van der Waals surface area contributed by atoms with Crippen molar-refractivity contribution < 1.29 is 14.5 Å². The number of aromatic amines is 1. The molecule has 2 aromatic rings. The van der Waals surface area contributed by atoms with E-state index in [0.717, 1.165) is 43.6 Å². The third-order valence-electron chi connectivity index (χ3n) is 3.22. The Labute approximate surface area is 111 Å². The SMILES string of the molecule is C[n+]1[nH]c(-c2ccc(O)cc2)nc1N1CCOCC1. The zero-order valence-electron chi connectivity index (χ0n) is 10.8. The number of aromatic nitrogens is 3. The number of aromatic hydroxyl groups is 1. The van der Waals surface area contributed by atoms with Crippen LogP contribution in [0.2, 0.25) is 0 Å². The molecule has 0 radical (unpaired) electrons. The number of hydrogen-bond acceptors (Lipinski definition) is 4. The van der Waals surface area contributed by atoms with Crippen LogP contribution < -0.4 is 9.58 Å². The molecule has 19 heavy (non-hydrogen) atoms. The third-order valence-corrected chi connectivity index (χ3v) is 3.22. The van der Waals surface area contributed by atoms with E-state index in [9.17, 15) is 5.11 Å². The van der Waals surface area contributed by atoms with E-state index in [1.807, 2.05) is 23.9 Å². The fourth-order valence-electron chi connectivity index (χ4n) is 2.20. The molecule has 2 N–H and O–H groups in total. The lowest BCUT2D eigenvalue weighted by Gasteiger charge is -2.20. The minimum absolute atomic E-state index is 0.257. The summed E-state index contributed by atoms with van der Waals surface area (Å²) in [7, 11) is 1.95. The fraction of sp³-hybridized carbons (Fsp3) is 0.385. The highest BCUT2D eigenvalue weighted by atomic mass is 16.5. The first-order valence-corrected chi connectivity index (χ1v) is 6.32. The summed E-state index contributed by atoms with van der Waals surface area (Å²) in [6, 6.07) is 7.01. The Bertz CT molecular complexity index is 559. The molecule has 1 aromatic heterocycles. The van der Waals surface area contributed by atoms with Crippen molar-refractivity contribution in [3.8, 4) is 17.1 Å². The second kappa shape index (κ2) is 4.89. The predicted octanol–water partition coefficient (Wildman–Crippen LogP) is 0.443. The molecule has 2 heterocycles. The number of aryl methyl sites for hydroxylation is 1. The van der Waals surface area contributed by atoms with Crippen molar-refractivity contribution in [2.24, 2.45) is 7.05 Å². The van der Waals surface area contributed by atoms with E-state index in [4.69, 9.17) is 4.74 Å². The summed E-state index contributed by atoms with van der Waals surface area (Å²) in [4.78, 5) is 6.83. The van der Waals surface area contributed by atoms with Gasteiger partial charge in [-0.25, -0.2) is 5.10 Å². The Kier molecular flexibility index (Phi) is 3.08. The first-order chi connectivity index (χ1) is 9.24. The van der Waals surface area contributed by atoms with Crippen LogP contribution in [0.25, 0.3) is 11.4 Å². The van der Waals surface area contributed by atoms with E-state index in [-0.39, 0.29) is 5.75 Å². The summed E-state index contributed by atoms with van der Waals surface area (Å²) < 4.78 is 7.26. The van der Waals surface area contributed by atoms with Crippen LogP contribution in [0.3, 0.4) is 0 Å². The smallest absolute Gasteiger partial charge is 0.413 e. The molecular formula is C13H17N4O2+. The first kappa shape index (κ1) is 12.0. The molecule has 1 aliphatic heterocycles. The molecule has 0 spiro atoms. The fourth-order valence-corrected chi connectivity index (χ4v) is 2.20. The lowest BCUT2D eigenvalue weighted by molar-refractivity contribution is -0.715. The van der Waals surface area contributed by atoms with Crippen LogP contribution in [0.4, 0.5) is 5.95 Å². The van der Waals surface area contributed by atoms with E-state index >= 15 is 0 Å². The number of ether oxygens (including phenoxy) is 1. The normalized spacial score (nSPS) is 15.7. The van der Waals surface area contributed by atoms with Gasteiger partial charge in [-0.05, 0) is 29.2 Å². The number of phenolic OH excluding ortho intramolecular Hbond substituents is 1. The number of anilines is 1. The highest BCUT2D eigenvalue weighted by molar-refractivity contribution is 5.56. The van der Waals surface area contributed by atoms with Gasteiger partial charge in [-0.15, -0.1) is 0 Å². The largest absolute Gasteiger partial charge is 0.508 e. The Balaban J connectivity index is 1.90. The Morgan fingerprint density at radius 3 is 2.63 bits per heavy atom. The topological polar surface area (TPSA) is 65.3 Å². The van der Waals surface area contributed by atoms with Gasteiger partial charge in [-0.3, -0.25) is 4.90 Å². The van der Waals surface area contributed by atoms with Crippen LogP contribution in [0.5, 0.6) is 5.75 Å². The Morgan fingerprint density at radius 1 is 1.26 bits per heavy atom. The second-order valence-electron chi connectivity index (χ2n) is 4.58. The predicted molar refractivity (Wildman–Crippen MR) is 69.9 cm³/mol. The zero-order chi connectivity index (χ0) is 13.2. The zero-order valence-corrected chi connectivity index (χ0v) is 10.8. The molecule has 0 saturated carbocycles. The van der Waals surface area contributed by atoms with Crippen molar-refractivity contribution >= 4 is 5.95 Å². The molecule has 6 nitrogen and oxygen atoms in total. The molecule has 1 saturated heterocycles. The molecule has 0 atom stereocenters. The number of phenols is 1. The number of hydrogen-bond donors (Lipinski definition) is 2. The van der Waals surface area contributed by atoms with Gasteiger partial charge in [0.2, 0.25) is 5.82 Å². The summed E-state index contributed by atoms with van der Waals surface area (Å²) in [6.45, 7) is 3.18. The number of rotatable bonds is 2. The molecule has 0 aliphatic carbocycles. The maximum atomic E-state index is 9.31. The van der Waals surface area contributed by atoms with Gasteiger partial charge in [-0.2, -0.15) is 4.68 Å². The maximum Gasteiger partial charge on any atom is 0.413 e. The van der Waals surface area contributed by atoms with Gasteiger partial charge < -0.3 is 9.84 Å². The van der Waals surface area contributed by atoms with Gasteiger partial charge in [0.1, 0.15) is 5.75 Å². The van der Waals surface area contributed by atoms with E-state index < -0.39 is 0 Å². The minimum atomic E-state index is 0.257. The number of nitrogens with zero attached hydrogens (tertiary/aromatic N) is 3. The van der Waals surface area contributed by atoms with E-state index in [1.165, 1.54) is 0 Å². The summed E-state index contributed by atoms with van der Waals surface area (Å²) in [5, 5.41) is 12.5. The van der Waals surface area contributed by atoms with E-state index in [0.29, 0.717) is 0 Å². The highest BCUT2D eigenvalue weighted by Crippen LogP contribution is 2.19. The lowest BCUT2D eigenvalue weighted by atomic mass is 10.2. The van der Waals surface area contributed by atoms with Gasteiger partial charge in [0.15, 0.2) is 0 Å². The minimum Gasteiger partial charge on any atom is -0.508 e. The van der Waals surface area contributed by atoms with Crippen molar-refractivity contribution in [1.29, 1.82) is 0 Å². The molecule has 3 rings (SSSR count). The van der Waals surface area contributed by atoms with Crippen molar-refractivity contribution in [2.45, 2.75) is 0 Å². The summed E-state index contributed by atoms with van der Waals surface area (Å²) in [6.07, 6.45) is 0. The van der Waals surface area contributed by atoms with Crippen molar-refractivity contribution in [2.75, 3.05) is 31.2 Å². The molecule has 0 bridgehead atoms. The van der Waals surface area contributed by atoms with Gasteiger partial charge in [0.25, 0.3) is 0 Å². The summed E-state index contributed by atoms with van der Waals surface area (Å²) in [5.41, 5.74) is 0.952. The van der Waals surface area contributed by atoms with Crippen LogP contribution >= 0.6 is 0 Å². The number of benzene rings is 1. The average molecular weight is 261 g/mol. The summed E-state index contributed by atoms with van der Waals surface area (Å²) in [5.74, 6) is 1.96. The molecule has 1 aromatic carbocycles. The van der Waals surface area contributed by atoms with Gasteiger partial charge in [0, 0.05) is 5.56 Å². The molecule has 100 valence electrons. The quantitative estimate of drug-likeness (QED) is 0.770. The third kappa shape index (κ3) is 2.39. The molecule has 0 unspecified atom stereocenters. The average Bonchev–Trinajstić information content (AvgIpc) is 2.83. The van der Waals surface area contributed by atoms with Crippen LogP contribution in [0.15, 0.2) is 24.3 Å². The van der Waals surface area contributed by atoms with Gasteiger partial charge in [-0.1, -0.05) is 0 Å². The standard InChI is InChI=1S/C13H16N4O2/c1-16-13(17-6-8-19-9-7-17)14-12(15-16)10-2-4-11(18)5-3-10/h2-5H,6-9H2,1H3,(H,15,18)/p+1. The van der Waals surface area contributed by atoms with E-state index in [2.05, 4.69) is 15.0 Å². The first-order valence-electron chi connectivity index (χ1n) is 6.32. The van der Waals surface area contributed by atoms with Crippen molar-refractivity contribution in [3.63, 3.8) is 0 Å². The van der Waals surface area contributed by atoms with Crippen LogP contribution in [0.1, 0.15) is 0 Å². The monoisotopic (exact) mass is 261 g/mol. The van der Waals surface area contributed by atoms with Crippen molar-refractivity contribution in [1.82, 2.24) is 10.1 Å².